The smallest absolute Gasteiger partial charge is 0.242 e. The maximum absolute atomic E-state index is 13.0. The molecule has 0 unspecified atom stereocenters. The topological polar surface area (TPSA) is 30.7 Å². The SMILES string of the molecule is CCn1nnc(I)c1C(F)(F)C(F)(F)F. The highest BCUT2D eigenvalue weighted by atomic mass is 127. The summed E-state index contributed by atoms with van der Waals surface area (Å²) in [6, 6.07) is 0. The van der Waals surface area contributed by atoms with Crippen LogP contribution in [0.4, 0.5) is 22.0 Å². The summed E-state index contributed by atoms with van der Waals surface area (Å²) in [4.78, 5) is 0. The van der Waals surface area contributed by atoms with Crippen molar-refractivity contribution in [3.8, 4) is 0 Å². The Hall–Kier alpha value is -0.480. The Balaban J connectivity index is 3.31. The molecule has 0 fully saturated rings. The fourth-order valence-corrected chi connectivity index (χ4v) is 1.65. The lowest BCUT2D eigenvalue weighted by Gasteiger charge is -2.19. The Labute approximate surface area is 94.8 Å². The van der Waals surface area contributed by atoms with Gasteiger partial charge in [-0.2, -0.15) is 22.0 Å². The molecule has 0 aliphatic carbocycles. The number of alkyl halides is 5. The average molecular weight is 341 g/mol. The molecule has 0 aromatic carbocycles. The molecule has 0 aliphatic rings. The van der Waals surface area contributed by atoms with Crippen molar-refractivity contribution >= 4 is 22.6 Å². The van der Waals surface area contributed by atoms with Gasteiger partial charge in [-0.25, -0.2) is 4.68 Å². The molecule has 3 nitrogen and oxygen atoms in total. The molecular formula is C6H5F5IN3. The van der Waals surface area contributed by atoms with Gasteiger partial charge < -0.3 is 0 Å². The van der Waals surface area contributed by atoms with Crippen molar-refractivity contribution in [1.82, 2.24) is 15.0 Å². The molecule has 15 heavy (non-hydrogen) atoms. The predicted octanol–water partition coefficient (Wildman–Crippen LogP) is 2.56. The van der Waals surface area contributed by atoms with E-state index in [0.717, 1.165) is 0 Å². The monoisotopic (exact) mass is 341 g/mol. The molecule has 0 radical (unpaired) electrons. The Bertz CT molecular complexity index is 358. The van der Waals surface area contributed by atoms with Gasteiger partial charge >= 0.3 is 12.1 Å². The van der Waals surface area contributed by atoms with E-state index in [1.54, 1.807) is 0 Å². The molecule has 1 heterocycles. The molecule has 0 bridgehead atoms. The lowest BCUT2D eigenvalue weighted by atomic mass is 10.2. The Morgan fingerprint density at radius 2 is 1.80 bits per heavy atom. The van der Waals surface area contributed by atoms with Gasteiger partial charge in [-0.05, 0) is 29.5 Å². The third-order valence-electron chi connectivity index (χ3n) is 1.65. The largest absolute Gasteiger partial charge is 0.459 e. The standard InChI is InChI=1S/C6H5F5IN3/c1-2-15-3(4(12)13-14-15)5(7,8)6(9,10)11/h2H2,1H3. The Kier molecular flexibility index (Phi) is 3.22. The first-order valence-electron chi connectivity index (χ1n) is 3.75. The van der Waals surface area contributed by atoms with Gasteiger partial charge in [-0.1, -0.05) is 5.21 Å². The van der Waals surface area contributed by atoms with E-state index in [0.29, 0.717) is 4.68 Å². The number of hydrogen-bond donors (Lipinski definition) is 0. The Morgan fingerprint density at radius 1 is 1.27 bits per heavy atom. The van der Waals surface area contributed by atoms with E-state index in [4.69, 9.17) is 0 Å². The first-order valence-corrected chi connectivity index (χ1v) is 4.83. The van der Waals surface area contributed by atoms with Crippen LogP contribution < -0.4 is 0 Å². The minimum absolute atomic E-state index is 0.100. The first kappa shape index (κ1) is 12.6. The molecule has 0 saturated heterocycles. The maximum atomic E-state index is 13.0. The van der Waals surface area contributed by atoms with E-state index in [1.165, 1.54) is 29.5 Å². The van der Waals surface area contributed by atoms with Crippen LogP contribution in [0.25, 0.3) is 0 Å². The summed E-state index contributed by atoms with van der Waals surface area (Å²) in [7, 11) is 0. The van der Waals surface area contributed by atoms with Crippen LogP contribution in [0.5, 0.6) is 0 Å². The summed E-state index contributed by atoms with van der Waals surface area (Å²) < 4.78 is 62.2. The van der Waals surface area contributed by atoms with Crippen LogP contribution in [0.3, 0.4) is 0 Å². The van der Waals surface area contributed by atoms with E-state index in [9.17, 15) is 22.0 Å². The summed E-state index contributed by atoms with van der Waals surface area (Å²) in [6.45, 7) is 1.30. The fraction of sp³-hybridized carbons (Fsp3) is 0.667. The minimum atomic E-state index is -5.64. The van der Waals surface area contributed by atoms with E-state index >= 15 is 0 Å². The maximum Gasteiger partial charge on any atom is 0.459 e. The average Bonchev–Trinajstić information content (AvgIpc) is 2.44. The summed E-state index contributed by atoms with van der Waals surface area (Å²) in [6.07, 6.45) is -5.64. The van der Waals surface area contributed by atoms with Crippen molar-refractivity contribution < 1.29 is 22.0 Å². The fourth-order valence-electron chi connectivity index (χ4n) is 0.939. The molecule has 1 aromatic heterocycles. The van der Waals surface area contributed by atoms with Crippen LogP contribution in [0.2, 0.25) is 0 Å². The summed E-state index contributed by atoms with van der Waals surface area (Å²) in [5.41, 5.74) is -1.21. The third kappa shape index (κ3) is 2.06. The molecule has 0 amide bonds. The zero-order chi connectivity index (χ0) is 11.9. The number of halogens is 6. The molecule has 0 spiro atoms. The minimum Gasteiger partial charge on any atom is -0.242 e. The number of aryl methyl sites for hydroxylation is 1. The Morgan fingerprint density at radius 3 is 2.20 bits per heavy atom. The van der Waals surface area contributed by atoms with E-state index < -0.39 is 21.5 Å². The van der Waals surface area contributed by atoms with Gasteiger partial charge in [0.2, 0.25) is 0 Å². The second kappa shape index (κ2) is 3.83. The number of nitrogens with zero attached hydrogens (tertiary/aromatic N) is 3. The van der Waals surface area contributed by atoms with Crippen LogP contribution >= 0.6 is 22.6 Å². The third-order valence-corrected chi connectivity index (χ3v) is 2.37. The zero-order valence-corrected chi connectivity index (χ0v) is 9.47. The van der Waals surface area contributed by atoms with Gasteiger partial charge in [0.1, 0.15) is 0 Å². The molecule has 1 aromatic rings. The molecule has 0 saturated carbocycles. The van der Waals surface area contributed by atoms with Crippen LogP contribution in [-0.2, 0) is 12.5 Å². The second-order valence-corrected chi connectivity index (χ2v) is 3.64. The highest BCUT2D eigenvalue weighted by Gasteiger charge is 2.61. The lowest BCUT2D eigenvalue weighted by molar-refractivity contribution is -0.292. The summed E-state index contributed by atoms with van der Waals surface area (Å²) >= 11 is 1.30. The molecule has 0 atom stereocenters. The van der Waals surface area contributed by atoms with Crippen LogP contribution in [0.15, 0.2) is 0 Å². The van der Waals surface area contributed by atoms with E-state index in [-0.39, 0.29) is 6.54 Å². The highest BCUT2D eigenvalue weighted by Crippen LogP contribution is 2.44. The van der Waals surface area contributed by atoms with Gasteiger partial charge in [-0.3, -0.25) is 0 Å². The first-order chi connectivity index (χ1) is 6.71. The van der Waals surface area contributed by atoms with Crippen molar-refractivity contribution in [2.45, 2.75) is 25.6 Å². The van der Waals surface area contributed by atoms with Crippen molar-refractivity contribution in [3.63, 3.8) is 0 Å². The van der Waals surface area contributed by atoms with Gasteiger partial charge in [0.15, 0.2) is 9.39 Å². The zero-order valence-electron chi connectivity index (χ0n) is 7.32. The van der Waals surface area contributed by atoms with Gasteiger partial charge in [0.25, 0.3) is 0 Å². The van der Waals surface area contributed by atoms with Crippen molar-refractivity contribution in [1.29, 1.82) is 0 Å². The summed E-state index contributed by atoms with van der Waals surface area (Å²) in [5, 5.41) is 6.38. The molecule has 9 heteroatoms. The molecular weight excluding hydrogens is 336 g/mol. The quantitative estimate of drug-likeness (QED) is 0.612. The van der Waals surface area contributed by atoms with Crippen LogP contribution in [-0.4, -0.2) is 21.2 Å². The predicted molar refractivity (Wildman–Crippen MR) is 48.4 cm³/mol. The molecule has 0 N–H and O–H groups in total. The van der Waals surface area contributed by atoms with Gasteiger partial charge in [0, 0.05) is 6.54 Å². The lowest BCUT2D eigenvalue weighted by Crippen LogP contribution is -2.36. The van der Waals surface area contributed by atoms with E-state index in [1.807, 2.05) is 0 Å². The number of hydrogen-bond acceptors (Lipinski definition) is 2. The molecule has 1 rings (SSSR count). The molecule has 86 valence electrons. The summed E-state index contributed by atoms with van der Waals surface area (Å²) in [5.74, 6) is -4.93. The van der Waals surface area contributed by atoms with Gasteiger partial charge in [0.05, 0.1) is 0 Å². The van der Waals surface area contributed by atoms with Crippen LogP contribution in [0, 0.1) is 3.70 Å². The van der Waals surface area contributed by atoms with E-state index in [2.05, 4.69) is 10.3 Å². The van der Waals surface area contributed by atoms with Gasteiger partial charge in [-0.15, -0.1) is 5.10 Å². The van der Waals surface area contributed by atoms with Crippen molar-refractivity contribution in [3.05, 3.63) is 9.39 Å². The van der Waals surface area contributed by atoms with Crippen molar-refractivity contribution in [2.24, 2.45) is 0 Å². The normalized spacial score (nSPS) is 13.3. The highest BCUT2D eigenvalue weighted by molar-refractivity contribution is 14.1. The second-order valence-electron chi connectivity index (χ2n) is 2.62. The molecule has 0 aliphatic heterocycles. The number of rotatable bonds is 2. The van der Waals surface area contributed by atoms with Crippen LogP contribution in [0.1, 0.15) is 12.6 Å². The van der Waals surface area contributed by atoms with Crippen molar-refractivity contribution in [2.75, 3.05) is 0 Å². The number of aromatic nitrogens is 3.